The van der Waals surface area contributed by atoms with E-state index in [0.29, 0.717) is 11.1 Å². The number of fused-ring (bicyclic) bond motifs is 1. The molecular weight excluding hydrogens is 330 g/mol. The predicted molar refractivity (Wildman–Crippen MR) is 89.3 cm³/mol. The fourth-order valence-corrected chi connectivity index (χ4v) is 2.52. The highest BCUT2D eigenvalue weighted by Gasteiger charge is 2.00. The van der Waals surface area contributed by atoms with Gasteiger partial charge < -0.3 is 10.1 Å². The number of aromatic hydroxyl groups is 1. The van der Waals surface area contributed by atoms with Gasteiger partial charge in [0.25, 0.3) is 0 Å². The van der Waals surface area contributed by atoms with Crippen molar-refractivity contribution in [2.45, 2.75) is 0 Å². The summed E-state index contributed by atoms with van der Waals surface area (Å²) >= 11 is 3.42. The second-order valence-corrected chi connectivity index (χ2v) is 5.53. The number of aromatic nitrogens is 1. The number of pyridine rings is 1. The first-order chi connectivity index (χ1) is 10.1. The molecule has 4 heteroatoms. The number of hydrogen-bond donors (Lipinski definition) is 2. The van der Waals surface area contributed by atoms with Gasteiger partial charge in [0.05, 0.1) is 0 Å². The van der Waals surface area contributed by atoms with Crippen LogP contribution in [-0.2, 0) is 0 Å². The molecule has 0 saturated carbocycles. The fourth-order valence-electron chi connectivity index (χ4n) is 2.15. The lowest BCUT2D eigenvalue weighted by atomic mass is 10.1. The van der Waals surface area contributed by atoms with Gasteiger partial charge in [0.15, 0.2) is 5.43 Å². The zero-order valence-corrected chi connectivity index (χ0v) is 12.6. The SMILES string of the molecule is O=c1cc(C=Cc2cc(O)ccc2Br)[nH]c2ccccc12. The zero-order chi connectivity index (χ0) is 14.8. The van der Waals surface area contributed by atoms with Crippen molar-refractivity contribution in [3.05, 3.63) is 74.5 Å². The molecule has 2 N–H and O–H groups in total. The Kier molecular flexibility index (Phi) is 3.62. The van der Waals surface area contributed by atoms with Crippen LogP contribution in [-0.4, -0.2) is 10.1 Å². The summed E-state index contributed by atoms with van der Waals surface area (Å²) in [5, 5.41) is 10.2. The average molecular weight is 342 g/mol. The third kappa shape index (κ3) is 2.90. The van der Waals surface area contributed by atoms with E-state index in [1.165, 1.54) is 0 Å². The van der Waals surface area contributed by atoms with Gasteiger partial charge in [0.1, 0.15) is 5.75 Å². The van der Waals surface area contributed by atoms with Crippen LogP contribution in [0.2, 0.25) is 0 Å². The largest absolute Gasteiger partial charge is 0.508 e. The minimum Gasteiger partial charge on any atom is -0.508 e. The van der Waals surface area contributed by atoms with Crippen molar-refractivity contribution in [3.8, 4) is 5.75 Å². The van der Waals surface area contributed by atoms with Gasteiger partial charge in [-0.2, -0.15) is 0 Å². The Morgan fingerprint density at radius 2 is 1.86 bits per heavy atom. The molecule has 3 nitrogen and oxygen atoms in total. The average Bonchev–Trinajstić information content (AvgIpc) is 2.48. The number of para-hydroxylation sites is 1. The maximum absolute atomic E-state index is 12.0. The van der Waals surface area contributed by atoms with Crippen LogP contribution in [0, 0.1) is 0 Å². The lowest BCUT2D eigenvalue weighted by molar-refractivity contribution is 0.475. The molecule has 21 heavy (non-hydrogen) atoms. The normalized spacial score (nSPS) is 11.3. The van der Waals surface area contributed by atoms with E-state index in [-0.39, 0.29) is 11.2 Å². The summed E-state index contributed by atoms with van der Waals surface area (Å²) in [4.78, 5) is 15.2. The molecule has 0 atom stereocenters. The second-order valence-electron chi connectivity index (χ2n) is 4.67. The van der Waals surface area contributed by atoms with Crippen LogP contribution in [0.1, 0.15) is 11.3 Å². The van der Waals surface area contributed by atoms with Gasteiger partial charge in [-0.15, -0.1) is 0 Å². The van der Waals surface area contributed by atoms with Gasteiger partial charge in [-0.1, -0.05) is 34.1 Å². The molecule has 0 saturated heterocycles. The summed E-state index contributed by atoms with van der Waals surface area (Å²) in [6.45, 7) is 0. The van der Waals surface area contributed by atoms with Crippen LogP contribution >= 0.6 is 15.9 Å². The first-order valence-electron chi connectivity index (χ1n) is 6.42. The van der Waals surface area contributed by atoms with E-state index in [0.717, 1.165) is 15.6 Å². The highest BCUT2D eigenvalue weighted by molar-refractivity contribution is 9.10. The van der Waals surface area contributed by atoms with Crippen LogP contribution in [0.3, 0.4) is 0 Å². The number of hydrogen-bond acceptors (Lipinski definition) is 2. The van der Waals surface area contributed by atoms with Gasteiger partial charge in [0, 0.05) is 27.1 Å². The van der Waals surface area contributed by atoms with Crippen LogP contribution in [0.15, 0.2) is 57.8 Å². The van der Waals surface area contributed by atoms with Crippen molar-refractivity contribution in [1.82, 2.24) is 4.98 Å². The van der Waals surface area contributed by atoms with Crippen LogP contribution < -0.4 is 5.43 Å². The Bertz CT molecular complexity index is 897. The molecule has 1 heterocycles. The van der Waals surface area contributed by atoms with E-state index in [1.54, 1.807) is 30.3 Å². The quantitative estimate of drug-likeness (QED) is 0.735. The van der Waals surface area contributed by atoms with Crippen LogP contribution in [0.25, 0.3) is 23.1 Å². The first kappa shape index (κ1) is 13.6. The molecule has 3 aromatic rings. The molecule has 0 amide bonds. The molecule has 1 aromatic heterocycles. The monoisotopic (exact) mass is 341 g/mol. The molecule has 3 rings (SSSR count). The minimum atomic E-state index is -0.0148. The predicted octanol–water partition coefficient (Wildman–Crippen LogP) is 4.17. The molecule has 104 valence electrons. The molecular formula is C17H12BrNO2. The lowest BCUT2D eigenvalue weighted by Crippen LogP contribution is -2.02. The Labute approximate surface area is 129 Å². The van der Waals surface area contributed by atoms with Crippen molar-refractivity contribution in [3.63, 3.8) is 0 Å². The number of phenols is 1. The van der Waals surface area contributed by atoms with Crippen molar-refractivity contribution in [2.24, 2.45) is 0 Å². The molecule has 2 aromatic carbocycles. The molecule has 0 spiro atoms. The smallest absolute Gasteiger partial charge is 0.189 e. The standard InChI is InChI=1S/C17H12BrNO2/c18-15-8-7-13(20)9-11(15)5-6-12-10-17(21)14-3-1-2-4-16(14)19-12/h1-10,20H,(H,19,21). The summed E-state index contributed by atoms with van der Waals surface area (Å²) < 4.78 is 0.875. The number of halogens is 1. The molecule has 0 aliphatic heterocycles. The molecule has 0 aliphatic rings. The lowest BCUT2D eigenvalue weighted by Gasteiger charge is -2.01. The number of benzene rings is 2. The van der Waals surface area contributed by atoms with E-state index >= 15 is 0 Å². The van der Waals surface area contributed by atoms with E-state index < -0.39 is 0 Å². The molecule has 0 bridgehead atoms. The van der Waals surface area contributed by atoms with E-state index in [2.05, 4.69) is 20.9 Å². The highest BCUT2D eigenvalue weighted by Crippen LogP contribution is 2.23. The minimum absolute atomic E-state index is 0.0148. The Balaban J connectivity index is 2.03. The van der Waals surface area contributed by atoms with Gasteiger partial charge in [-0.05, 0) is 42.0 Å². The summed E-state index contributed by atoms with van der Waals surface area (Å²) in [5.74, 6) is 0.199. The Morgan fingerprint density at radius 1 is 1.05 bits per heavy atom. The summed E-state index contributed by atoms with van der Waals surface area (Å²) in [6.07, 6.45) is 3.65. The van der Waals surface area contributed by atoms with Gasteiger partial charge in [-0.25, -0.2) is 0 Å². The van der Waals surface area contributed by atoms with Gasteiger partial charge >= 0.3 is 0 Å². The van der Waals surface area contributed by atoms with Crippen molar-refractivity contribution in [2.75, 3.05) is 0 Å². The maximum atomic E-state index is 12.0. The third-order valence-corrected chi connectivity index (χ3v) is 3.90. The number of rotatable bonds is 2. The molecule has 0 aliphatic carbocycles. The van der Waals surface area contributed by atoms with Crippen molar-refractivity contribution < 1.29 is 5.11 Å². The van der Waals surface area contributed by atoms with E-state index in [1.807, 2.05) is 30.4 Å². The molecule has 0 fully saturated rings. The summed E-state index contributed by atoms with van der Waals surface area (Å²) in [6, 6.07) is 14.0. The first-order valence-corrected chi connectivity index (χ1v) is 7.21. The van der Waals surface area contributed by atoms with E-state index in [4.69, 9.17) is 0 Å². The summed E-state index contributed by atoms with van der Waals surface area (Å²) in [5.41, 5.74) is 2.34. The second kappa shape index (κ2) is 5.58. The summed E-state index contributed by atoms with van der Waals surface area (Å²) in [7, 11) is 0. The van der Waals surface area contributed by atoms with Crippen molar-refractivity contribution in [1.29, 1.82) is 0 Å². The third-order valence-electron chi connectivity index (χ3n) is 3.18. The number of H-pyrrole nitrogens is 1. The molecule has 0 radical (unpaired) electrons. The zero-order valence-electron chi connectivity index (χ0n) is 11.0. The topological polar surface area (TPSA) is 53.1 Å². The Hall–Kier alpha value is -2.33. The Morgan fingerprint density at radius 3 is 2.71 bits per heavy atom. The highest BCUT2D eigenvalue weighted by atomic mass is 79.9. The van der Waals surface area contributed by atoms with Gasteiger partial charge in [0.2, 0.25) is 0 Å². The van der Waals surface area contributed by atoms with Gasteiger partial charge in [-0.3, -0.25) is 4.79 Å². The number of aromatic amines is 1. The van der Waals surface area contributed by atoms with Crippen LogP contribution in [0.5, 0.6) is 5.75 Å². The fraction of sp³-hybridized carbons (Fsp3) is 0. The van der Waals surface area contributed by atoms with Crippen LogP contribution in [0.4, 0.5) is 0 Å². The maximum Gasteiger partial charge on any atom is 0.189 e. The number of nitrogens with one attached hydrogen (secondary N) is 1. The van der Waals surface area contributed by atoms with E-state index in [9.17, 15) is 9.90 Å². The van der Waals surface area contributed by atoms with Crippen molar-refractivity contribution >= 4 is 39.0 Å². The molecule has 0 unspecified atom stereocenters. The number of phenolic OH excluding ortho intramolecular Hbond substituents is 1.